The molecule has 0 aliphatic rings. The molecule has 6 heteroatoms. The fourth-order valence-electron chi connectivity index (χ4n) is 11.6. The molecule has 474 valence electrons. The third-order valence-corrected chi connectivity index (χ3v) is 17.2. The first kappa shape index (κ1) is 78.3. The number of aliphatic hydroxyl groups is 2. The first-order valence-electron chi connectivity index (χ1n) is 36.6. The van der Waals surface area contributed by atoms with E-state index in [2.05, 4.69) is 43.5 Å². The number of esters is 1. The molecule has 0 saturated heterocycles. The number of unbranched alkanes of at least 4 members (excludes halogenated alkanes) is 54. The van der Waals surface area contributed by atoms with E-state index in [1.165, 1.54) is 334 Å². The summed E-state index contributed by atoms with van der Waals surface area (Å²) in [5.74, 6) is -0.0290. The van der Waals surface area contributed by atoms with Gasteiger partial charge in [0.2, 0.25) is 5.91 Å². The second-order valence-electron chi connectivity index (χ2n) is 25.3. The van der Waals surface area contributed by atoms with E-state index in [0.29, 0.717) is 25.9 Å². The van der Waals surface area contributed by atoms with Crippen LogP contribution in [0.2, 0.25) is 0 Å². The van der Waals surface area contributed by atoms with Gasteiger partial charge in [-0.05, 0) is 77.0 Å². The van der Waals surface area contributed by atoms with E-state index in [1.807, 2.05) is 0 Å². The Morgan fingerprint density at radius 2 is 0.588 bits per heavy atom. The third-order valence-electron chi connectivity index (χ3n) is 17.2. The van der Waals surface area contributed by atoms with E-state index in [1.54, 1.807) is 0 Å². The first-order chi connectivity index (χ1) is 39.5. The molecular weight excluding hydrogens is 983 g/mol. The highest BCUT2D eigenvalue weighted by Crippen LogP contribution is 2.19. The van der Waals surface area contributed by atoms with Crippen molar-refractivity contribution in [1.29, 1.82) is 0 Å². The van der Waals surface area contributed by atoms with Gasteiger partial charge in [0.05, 0.1) is 25.4 Å². The summed E-state index contributed by atoms with van der Waals surface area (Å²) in [6.45, 7) is 4.98. The highest BCUT2D eigenvalue weighted by molar-refractivity contribution is 5.76. The smallest absolute Gasteiger partial charge is 0.305 e. The summed E-state index contributed by atoms with van der Waals surface area (Å²) in [7, 11) is 0. The minimum atomic E-state index is -0.671. The van der Waals surface area contributed by atoms with Crippen LogP contribution in [-0.4, -0.2) is 47.4 Å². The van der Waals surface area contributed by atoms with Gasteiger partial charge in [-0.15, -0.1) is 0 Å². The normalized spacial score (nSPS) is 12.6. The van der Waals surface area contributed by atoms with Crippen molar-refractivity contribution in [1.82, 2.24) is 5.32 Å². The van der Waals surface area contributed by atoms with Crippen LogP contribution < -0.4 is 5.32 Å². The summed E-state index contributed by atoms with van der Waals surface area (Å²) >= 11 is 0. The van der Waals surface area contributed by atoms with Crippen LogP contribution in [0.5, 0.6) is 0 Å². The molecule has 1 amide bonds. The fourth-order valence-corrected chi connectivity index (χ4v) is 11.6. The molecule has 0 heterocycles. The SMILES string of the molecule is CCCCCCCC/C=C\CCCCCCCCCCCC(=O)OCCCCCCCCCCCC/C=C\CCCCCCCCCC(=O)NC(CO)C(O)CCCCCCCCCCCCCCCCCCCCCCCCC. The highest BCUT2D eigenvalue weighted by atomic mass is 16.5. The van der Waals surface area contributed by atoms with E-state index >= 15 is 0 Å². The lowest BCUT2D eigenvalue weighted by molar-refractivity contribution is -0.143. The van der Waals surface area contributed by atoms with Gasteiger partial charge in [0, 0.05) is 12.8 Å². The molecule has 0 aliphatic heterocycles. The van der Waals surface area contributed by atoms with E-state index < -0.39 is 12.1 Å². The van der Waals surface area contributed by atoms with Gasteiger partial charge in [-0.25, -0.2) is 0 Å². The maximum Gasteiger partial charge on any atom is 0.305 e. The number of amides is 1. The van der Waals surface area contributed by atoms with Crippen molar-refractivity contribution in [3.8, 4) is 0 Å². The van der Waals surface area contributed by atoms with Crippen molar-refractivity contribution >= 4 is 11.9 Å². The zero-order valence-electron chi connectivity index (χ0n) is 54.3. The Morgan fingerprint density at radius 3 is 0.887 bits per heavy atom. The molecule has 0 saturated carbocycles. The van der Waals surface area contributed by atoms with Gasteiger partial charge < -0.3 is 20.3 Å². The Hall–Kier alpha value is -1.66. The van der Waals surface area contributed by atoms with Crippen molar-refractivity contribution in [2.24, 2.45) is 0 Å². The molecule has 0 bridgehead atoms. The second-order valence-corrected chi connectivity index (χ2v) is 25.3. The minimum Gasteiger partial charge on any atom is -0.466 e. The molecule has 0 fully saturated rings. The molecule has 0 aromatic carbocycles. The van der Waals surface area contributed by atoms with Gasteiger partial charge in [-0.2, -0.15) is 0 Å². The number of aliphatic hydroxyl groups excluding tert-OH is 2. The summed E-state index contributed by atoms with van der Waals surface area (Å²) in [6, 6.07) is -0.549. The zero-order chi connectivity index (χ0) is 57.8. The van der Waals surface area contributed by atoms with Gasteiger partial charge in [0.15, 0.2) is 0 Å². The third kappa shape index (κ3) is 65.5. The summed E-state index contributed by atoms with van der Waals surface area (Å²) in [5.41, 5.74) is 0. The number of hydrogen-bond donors (Lipinski definition) is 3. The molecule has 6 nitrogen and oxygen atoms in total. The summed E-state index contributed by atoms with van der Waals surface area (Å²) in [5, 5.41) is 23.4. The molecule has 2 unspecified atom stereocenters. The van der Waals surface area contributed by atoms with Crippen LogP contribution in [-0.2, 0) is 14.3 Å². The molecule has 0 aromatic rings. The topological polar surface area (TPSA) is 95.9 Å². The Kier molecular flexibility index (Phi) is 68.4. The first-order valence-corrected chi connectivity index (χ1v) is 36.6. The van der Waals surface area contributed by atoms with Gasteiger partial charge in [0.1, 0.15) is 0 Å². The lowest BCUT2D eigenvalue weighted by atomic mass is 10.0. The Bertz CT molecular complexity index is 1250. The van der Waals surface area contributed by atoms with E-state index in [0.717, 1.165) is 44.9 Å². The molecule has 0 rings (SSSR count). The number of carbonyl (C=O) groups is 2. The lowest BCUT2D eigenvalue weighted by Crippen LogP contribution is -2.45. The Labute approximate surface area is 501 Å². The van der Waals surface area contributed by atoms with Crippen molar-refractivity contribution < 1.29 is 24.5 Å². The lowest BCUT2D eigenvalue weighted by Gasteiger charge is -2.22. The summed E-state index contributed by atoms with van der Waals surface area (Å²) in [4.78, 5) is 24.7. The van der Waals surface area contributed by atoms with Crippen molar-refractivity contribution in [2.75, 3.05) is 13.2 Å². The average molecular weight is 1130 g/mol. The van der Waals surface area contributed by atoms with E-state index in [-0.39, 0.29) is 18.5 Å². The van der Waals surface area contributed by atoms with Gasteiger partial charge in [0.25, 0.3) is 0 Å². The van der Waals surface area contributed by atoms with Crippen molar-refractivity contribution in [3.63, 3.8) is 0 Å². The minimum absolute atomic E-state index is 0.00900. The number of carbonyl (C=O) groups excluding carboxylic acids is 2. The number of nitrogens with one attached hydrogen (secondary N) is 1. The largest absolute Gasteiger partial charge is 0.466 e. The molecule has 0 aliphatic carbocycles. The van der Waals surface area contributed by atoms with Crippen LogP contribution in [0.3, 0.4) is 0 Å². The highest BCUT2D eigenvalue weighted by Gasteiger charge is 2.20. The van der Waals surface area contributed by atoms with E-state index in [4.69, 9.17) is 4.74 Å². The van der Waals surface area contributed by atoms with Crippen molar-refractivity contribution in [3.05, 3.63) is 24.3 Å². The molecule has 0 radical (unpaired) electrons. The van der Waals surface area contributed by atoms with Crippen LogP contribution in [0.25, 0.3) is 0 Å². The molecule has 2 atom stereocenters. The molecule has 3 N–H and O–H groups in total. The fraction of sp³-hybridized carbons (Fsp3) is 0.919. The zero-order valence-corrected chi connectivity index (χ0v) is 54.3. The van der Waals surface area contributed by atoms with Crippen LogP contribution in [0.1, 0.15) is 412 Å². The molecule has 80 heavy (non-hydrogen) atoms. The predicted octanol–water partition coefficient (Wildman–Crippen LogP) is 23.7. The van der Waals surface area contributed by atoms with E-state index in [9.17, 15) is 19.8 Å². The predicted molar refractivity (Wildman–Crippen MR) is 352 cm³/mol. The van der Waals surface area contributed by atoms with Crippen LogP contribution in [0.15, 0.2) is 24.3 Å². The van der Waals surface area contributed by atoms with Crippen LogP contribution in [0, 0.1) is 0 Å². The summed E-state index contributed by atoms with van der Waals surface area (Å²) in [6.07, 6.45) is 88.0. The number of allylic oxidation sites excluding steroid dienone is 4. The van der Waals surface area contributed by atoms with Crippen LogP contribution in [0.4, 0.5) is 0 Å². The van der Waals surface area contributed by atoms with Gasteiger partial charge in [-0.3, -0.25) is 9.59 Å². The maximum absolute atomic E-state index is 12.6. The van der Waals surface area contributed by atoms with Crippen molar-refractivity contribution in [2.45, 2.75) is 424 Å². The number of hydrogen-bond acceptors (Lipinski definition) is 5. The molecule has 0 spiro atoms. The molecule has 0 aromatic heterocycles. The maximum atomic E-state index is 12.6. The monoisotopic (exact) mass is 1130 g/mol. The van der Waals surface area contributed by atoms with Gasteiger partial charge in [-0.1, -0.05) is 346 Å². The molecular formula is C74H143NO5. The number of ether oxygens (including phenoxy) is 1. The van der Waals surface area contributed by atoms with Gasteiger partial charge >= 0.3 is 5.97 Å². The standard InChI is InChI=1S/C74H143NO5/c1-3-5-7-9-11-13-15-17-19-21-23-24-25-27-31-34-38-42-46-50-54-58-62-66-72(77)71(70-76)75-73(78)67-63-59-55-51-47-43-39-35-32-28-26-29-33-37-41-45-49-53-57-61-65-69-80-74(79)68-64-60-56-52-48-44-40-36-30-22-20-18-16-14-12-10-8-6-4-2/h18,20,28,32,71-72,76-77H,3-17,19,21-27,29-31,33-70H2,1-2H3,(H,75,78)/b20-18-,32-28-. The number of rotatable bonds is 69. The second kappa shape index (κ2) is 69.8. The Balaban J connectivity index is 3.40. The average Bonchev–Trinajstić information content (AvgIpc) is 3.46. The Morgan fingerprint density at radius 1 is 0.338 bits per heavy atom. The summed E-state index contributed by atoms with van der Waals surface area (Å²) < 4.78 is 5.51. The quantitative estimate of drug-likeness (QED) is 0.0320. The van der Waals surface area contributed by atoms with Crippen LogP contribution >= 0.6 is 0 Å².